The van der Waals surface area contributed by atoms with Gasteiger partial charge in [-0.1, -0.05) is 12.1 Å². The lowest BCUT2D eigenvalue weighted by atomic mass is 9.98. The first-order valence-corrected chi connectivity index (χ1v) is 5.66. The van der Waals surface area contributed by atoms with Gasteiger partial charge in [-0.3, -0.25) is 10.8 Å². The molecule has 1 unspecified atom stereocenters. The highest BCUT2D eigenvalue weighted by atomic mass is 19.4. The van der Waals surface area contributed by atoms with Crippen LogP contribution in [0.5, 0.6) is 0 Å². The van der Waals surface area contributed by atoms with Crippen molar-refractivity contribution in [3.63, 3.8) is 0 Å². The first-order chi connectivity index (χ1) is 9.43. The van der Waals surface area contributed by atoms with Crippen molar-refractivity contribution in [1.29, 1.82) is 0 Å². The summed E-state index contributed by atoms with van der Waals surface area (Å²) in [6.07, 6.45) is -2.14. The molecule has 0 aliphatic carbocycles. The van der Waals surface area contributed by atoms with Crippen molar-refractivity contribution in [3.8, 4) is 0 Å². The highest BCUT2D eigenvalue weighted by Crippen LogP contribution is 2.32. The molecular weight excluding hydrogens is 274 g/mol. The minimum Gasteiger partial charge on any atom is -0.271 e. The molecule has 0 amide bonds. The second kappa shape index (κ2) is 5.56. The minimum atomic E-state index is -4.47. The van der Waals surface area contributed by atoms with E-state index >= 15 is 0 Å². The van der Waals surface area contributed by atoms with E-state index in [0.717, 1.165) is 18.3 Å². The topological polar surface area (TPSA) is 50.9 Å². The maximum atomic E-state index is 13.7. The lowest BCUT2D eigenvalue weighted by Gasteiger charge is -2.18. The molecule has 2 rings (SSSR count). The molecule has 106 valence electrons. The maximum absolute atomic E-state index is 13.7. The number of halogens is 4. The van der Waals surface area contributed by atoms with Crippen LogP contribution in [0.4, 0.5) is 17.6 Å². The van der Waals surface area contributed by atoms with Gasteiger partial charge in [0.05, 0.1) is 17.8 Å². The van der Waals surface area contributed by atoms with Gasteiger partial charge in [0.25, 0.3) is 0 Å². The van der Waals surface area contributed by atoms with E-state index in [2.05, 4.69) is 10.4 Å². The second-order valence-electron chi connectivity index (χ2n) is 4.12. The number of hydrogen-bond donors (Lipinski definition) is 2. The number of alkyl halides is 3. The van der Waals surface area contributed by atoms with Crippen LogP contribution >= 0.6 is 0 Å². The first kappa shape index (κ1) is 14.4. The minimum absolute atomic E-state index is 0.127. The van der Waals surface area contributed by atoms with Crippen LogP contribution in [-0.2, 0) is 6.18 Å². The summed E-state index contributed by atoms with van der Waals surface area (Å²) < 4.78 is 51.7. The van der Waals surface area contributed by atoms with Crippen molar-refractivity contribution in [2.75, 3.05) is 0 Å². The van der Waals surface area contributed by atoms with Gasteiger partial charge < -0.3 is 0 Å². The molecule has 0 saturated heterocycles. The Bertz CT molecular complexity index is 598. The molecule has 0 aliphatic heterocycles. The molecule has 1 heterocycles. The Morgan fingerprint density at radius 1 is 1.20 bits per heavy atom. The lowest BCUT2D eigenvalue weighted by molar-refractivity contribution is -0.137. The van der Waals surface area contributed by atoms with E-state index in [1.54, 1.807) is 0 Å². The Morgan fingerprint density at radius 2 is 1.95 bits per heavy atom. The van der Waals surface area contributed by atoms with Gasteiger partial charge in [0.1, 0.15) is 5.82 Å². The molecule has 0 aliphatic rings. The molecule has 1 atom stereocenters. The predicted molar refractivity (Wildman–Crippen MR) is 64.8 cm³/mol. The summed E-state index contributed by atoms with van der Waals surface area (Å²) in [6, 6.07) is 5.05. The molecule has 0 radical (unpaired) electrons. The van der Waals surface area contributed by atoms with Gasteiger partial charge in [0.2, 0.25) is 0 Å². The number of aromatic nitrogens is 1. The molecule has 0 spiro atoms. The Balaban J connectivity index is 2.46. The molecule has 1 aromatic heterocycles. The van der Waals surface area contributed by atoms with Gasteiger partial charge in [0.15, 0.2) is 0 Å². The van der Waals surface area contributed by atoms with E-state index in [-0.39, 0.29) is 11.1 Å². The molecule has 0 saturated carbocycles. The van der Waals surface area contributed by atoms with Gasteiger partial charge in [-0.25, -0.2) is 9.82 Å². The zero-order chi connectivity index (χ0) is 14.8. The zero-order valence-corrected chi connectivity index (χ0v) is 10.2. The van der Waals surface area contributed by atoms with Gasteiger partial charge in [-0.05, 0) is 23.8 Å². The SMILES string of the molecule is NNC(c1cccc(C(F)(F)F)c1)c1ccncc1F. The summed E-state index contributed by atoms with van der Waals surface area (Å²) in [4.78, 5) is 3.59. The number of nitrogens with two attached hydrogens (primary N) is 1. The number of hydrogen-bond acceptors (Lipinski definition) is 3. The molecule has 3 N–H and O–H groups in total. The Kier molecular flexibility index (Phi) is 4.01. The third-order valence-electron chi connectivity index (χ3n) is 2.83. The van der Waals surface area contributed by atoms with Crippen molar-refractivity contribution in [2.24, 2.45) is 5.84 Å². The molecule has 0 bridgehead atoms. The van der Waals surface area contributed by atoms with Crippen LogP contribution in [0.3, 0.4) is 0 Å². The summed E-state index contributed by atoms with van der Waals surface area (Å²) >= 11 is 0. The fraction of sp³-hybridized carbons (Fsp3) is 0.154. The molecule has 0 fully saturated rings. The van der Waals surface area contributed by atoms with E-state index in [9.17, 15) is 17.6 Å². The number of pyridine rings is 1. The third kappa shape index (κ3) is 2.94. The Hall–Kier alpha value is -1.99. The highest BCUT2D eigenvalue weighted by Gasteiger charge is 2.31. The summed E-state index contributed by atoms with van der Waals surface area (Å²) in [5.41, 5.74) is 1.85. The van der Waals surface area contributed by atoms with Crippen LogP contribution in [0.2, 0.25) is 0 Å². The quantitative estimate of drug-likeness (QED) is 0.518. The van der Waals surface area contributed by atoms with Gasteiger partial charge in [0, 0.05) is 11.8 Å². The second-order valence-corrected chi connectivity index (χ2v) is 4.12. The third-order valence-corrected chi connectivity index (χ3v) is 2.83. The van der Waals surface area contributed by atoms with Crippen molar-refractivity contribution >= 4 is 0 Å². The zero-order valence-electron chi connectivity index (χ0n) is 10.2. The smallest absolute Gasteiger partial charge is 0.271 e. The highest BCUT2D eigenvalue weighted by molar-refractivity contribution is 5.34. The maximum Gasteiger partial charge on any atom is 0.416 e. The van der Waals surface area contributed by atoms with Gasteiger partial charge >= 0.3 is 6.18 Å². The summed E-state index contributed by atoms with van der Waals surface area (Å²) in [7, 11) is 0. The molecular formula is C13H11F4N3. The number of nitrogens with one attached hydrogen (secondary N) is 1. The van der Waals surface area contributed by atoms with Crippen LogP contribution in [0.15, 0.2) is 42.7 Å². The van der Waals surface area contributed by atoms with Crippen molar-refractivity contribution in [3.05, 3.63) is 65.2 Å². The largest absolute Gasteiger partial charge is 0.416 e. The number of benzene rings is 1. The van der Waals surface area contributed by atoms with Crippen LogP contribution in [0.1, 0.15) is 22.7 Å². The van der Waals surface area contributed by atoms with Crippen LogP contribution in [0, 0.1) is 5.82 Å². The molecule has 7 heteroatoms. The van der Waals surface area contributed by atoms with E-state index in [1.807, 2.05) is 0 Å². The average Bonchev–Trinajstić information content (AvgIpc) is 2.41. The van der Waals surface area contributed by atoms with E-state index in [4.69, 9.17) is 5.84 Å². The van der Waals surface area contributed by atoms with Crippen LogP contribution in [-0.4, -0.2) is 4.98 Å². The monoisotopic (exact) mass is 285 g/mol. The molecule has 2 aromatic rings. The Morgan fingerprint density at radius 3 is 2.55 bits per heavy atom. The lowest BCUT2D eigenvalue weighted by Crippen LogP contribution is -2.29. The van der Waals surface area contributed by atoms with E-state index in [0.29, 0.717) is 0 Å². The van der Waals surface area contributed by atoms with E-state index in [1.165, 1.54) is 24.4 Å². The average molecular weight is 285 g/mol. The van der Waals surface area contributed by atoms with Crippen molar-refractivity contribution in [1.82, 2.24) is 10.4 Å². The first-order valence-electron chi connectivity index (χ1n) is 5.66. The number of hydrazine groups is 1. The fourth-order valence-electron chi connectivity index (χ4n) is 1.88. The predicted octanol–water partition coefficient (Wildman–Crippen LogP) is 2.79. The molecule has 1 aromatic carbocycles. The van der Waals surface area contributed by atoms with Crippen molar-refractivity contribution < 1.29 is 17.6 Å². The summed E-state index contributed by atoms with van der Waals surface area (Å²) in [6.45, 7) is 0. The van der Waals surface area contributed by atoms with Crippen molar-refractivity contribution in [2.45, 2.75) is 12.2 Å². The molecule has 20 heavy (non-hydrogen) atoms. The van der Waals surface area contributed by atoms with Gasteiger partial charge in [-0.15, -0.1) is 0 Å². The summed E-state index contributed by atoms with van der Waals surface area (Å²) in [5.74, 6) is 4.70. The van der Waals surface area contributed by atoms with Gasteiger partial charge in [-0.2, -0.15) is 13.2 Å². The van der Waals surface area contributed by atoms with E-state index < -0.39 is 23.6 Å². The van der Waals surface area contributed by atoms with Crippen LogP contribution in [0.25, 0.3) is 0 Å². The van der Waals surface area contributed by atoms with Crippen LogP contribution < -0.4 is 11.3 Å². The Labute approximate surface area is 112 Å². The number of rotatable bonds is 3. The standard InChI is InChI=1S/C13H11F4N3/c14-11-7-19-5-4-10(11)12(20-18)8-2-1-3-9(6-8)13(15,16)17/h1-7,12,20H,18H2. The number of nitrogens with zero attached hydrogens (tertiary/aromatic N) is 1. The normalized spacial score (nSPS) is 13.2. The molecule has 3 nitrogen and oxygen atoms in total. The fourth-order valence-corrected chi connectivity index (χ4v) is 1.88. The summed E-state index contributed by atoms with van der Waals surface area (Å²) in [5, 5.41) is 0.